The first kappa shape index (κ1) is 19.0. The molecule has 1 saturated heterocycles. The Balaban J connectivity index is 1.44. The maximum Gasteiger partial charge on any atom is 0.257 e. The fraction of sp³-hybridized carbons (Fsp3) is 0.455. The van der Waals surface area contributed by atoms with Crippen molar-refractivity contribution in [2.75, 3.05) is 6.54 Å². The fourth-order valence-corrected chi connectivity index (χ4v) is 4.65. The zero-order valence-corrected chi connectivity index (χ0v) is 17.1. The van der Waals surface area contributed by atoms with Crippen LogP contribution in [-0.4, -0.2) is 41.9 Å². The number of nitrogens with zero attached hydrogens (tertiary/aromatic N) is 6. The van der Waals surface area contributed by atoms with Gasteiger partial charge in [-0.1, -0.05) is 6.42 Å². The molecule has 5 rings (SSSR count). The van der Waals surface area contributed by atoms with E-state index in [2.05, 4.69) is 19.9 Å². The van der Waals surface area contributed by atoms with Crippen molar-refractivity contribution >= 4 is 5.91 Å². The van der Waals surface area contributed by atoms with Crippen molar-refractivity contribution in [3.8, 4) is 5.69 Å². The number of halogens is 1. The summed E-state index contributed by atoms with van der Waals surface area (Å²) in [5, 5.41) is 13.3. The number of amides is 1. The Morgan fingerprint density at radius 1 is 1.07 bits per heavy atom. The fourth-order valence-electron chi connectivity index (χ4n) is 4.65. The number of aryl methyl sites for hydroxylation is 1. The van der Waals surface area contributed by atoms with E-state index in [4.69, 9.17) is 0 Å². The topological polar surface area (TPSA) is 68.8 Å². The minimum atomic E-state index is -0.299. The Bertz CT molecular complexity index is 1070. The van der Waals surface area contributed by atoms with Crippen LogP contribution < -0.4 is 0 Å². The molecule has 1 aromatic carbocycles. The average Bonchev–Trinajstić information content (AvgIpc) is 3.43. The number of aromatic nitrogens is 5. The van der Waals surface area contributed by atoms with Crippen LogP contribution in [0.4, 0.5) is 4.39 Å². The van der Waals surface area contributed by atoms with E-state index in [0.29, 0.717) is 12.1 Å². The van der Waals surface area contributed by atoms with E-state index in [0.717, 1.165) is 61.7 Å². The van der Waals surface area contributed by atoms with Gasteiger partial charge in [0, 0.05) is 19.5 Å². The van der Waals surface area contributed by atoms with Crippen LogP contribution in [0.15, 0.2) is 30.5 Å². The van der Waals surface area contributed by atoms with Gasteiger partial charge in [-0.2, -0.15) is 5.10 Å². The predicted octanol–water partition coefficient (Wildman–Crippen LogP) is 3.62. The number of fused-ring (bicyclic) bond motifs is 1. The van der Waals surface area contributed by atoms with Crippen LogP contribution in [0.1, 0.15) is 65.8 Å². The minimum Gasteiger partial charge on any atom is -0.328 e. The van der Waals surface area contributed by atoms with Gasteiger partial charge in [0.1, 0.15) is 11.6 Å². The first-order valence-corrected chi connectivity index (χ1v) is 10.7. The van der Waals surface area contributed by atoms with Gasteiger partial charge in [-0.25, -0.2) is 9.07 Å². The Morgan fingerprint density at radius 3 is 2.73 bits per heavy atom. The Kier molecular flexibility index (Phi) is 4.84. The van der Waals surface area contributed by atoms with Crippen molar-refractivity contribution < 1.29 is 9.18 Å². The van der Waals surface area contributed by atoms with E-state index in [-0.39, 0.29) is 17.8 Å². The van der Waals surface area contributed by atoms with Crippen molar-refractivity contribution in [1.82, 2.24) is 29.4 Å². The quantitative estimate of drug-likeness (QED) is 0.664. The van der Waals surface area contributed by atoms with Gasteiger partial charge in [0.2, 0.25) is 0 Å². The SMILES string of the molecule is Cc1c(C(=O)N2CCCC2c2nnc3n2CCCCC3)cnn1-c1ccc(F)cc1. The van der Waals surface area contributed by atoms with Crippen molar-refractivity contribution in [3.05, 3.63) is 59.2 Å². The molecule has 7 nitrogen and oxygen atoms in total. The van der Waals surface area contributed by atoms with Gasteiger partial charge in [0.25, 0.3) is 5.91 Å². The summed E-state index contributed by atoms with van der Waals surface area (Å²) in [4.78, 5) is 15.4. The highest BCUT2D eigenvalue weighted by Gasteiger charge is 2.36. The second kappa shape index (κ2) is 7.66. The van der Waals surface area contributed by atoms with Crippen molar-refractivity contribution in [2.45, 2.75) is 58.0 Å². The summed E-state index contributed by atoms with van der Waals surface area (Å²) >= 11 is 0. The number of benzene rings is 1. The van der Waals surface area contributed by atoms with Gasteiger partial charge in [0.05, 0.1) is 29.2 Å². The van der Waals surface area contributed by atoms with E-state index < -0.39 is 0 Å². The highest BCUT2D eigenvalue weighted by atomic mass is 19.1. The van der Waals surface area contributed by atoms with Crippen LogP contribution in [0.3, 0.4) is 0 Å². The molecule has 0 saturated carbocycles. The number of hydrogen-bond donors (Lipinski definition) is 0. The van der Waals surface area contributed by atoms with Crippen LogP contribution in [-0.2, 0) is 13.0 Å². The third kappa shape index (κ3) is 3.20. The molecular formula is C22H25FN6O. The third-order valence-corrected chi connectivity index (χ3v) is 6.26. The van der Waals surface area contributed by atoms with E-state index >= 15 is 0 Å². The third-order valence-electron chi connectivity index (χ3n) is 6.26. The molecule has 1 amide bonds. The van der Waals surface area contributed by atoms with E-state index in [1.165, 1.54) is 18.6 Å². The highest BCUT2D eigenvalue weighted by molar-refractivity contribution is 5.95. The van der Waals surface area contributed by atoms with Crippen LogP contribution in [0.5, 0.6) is 0 Å². The van der Waals surface area contributed by atoms with Crippen LogP contribution in [0.25, 0.3) is 5.69 Å². The maximum absolute atomic E-state index is 13.5. The molecule has 4 heterocycles. The molecule has 2 aliphatic rings. The molecule has 3 aromatic rings. The zero-order chi connectivity index (χ0) is 20.7. The van der Waals surface area contributed by atoms with Crippen LogP contribution in [0.2, 0.25) is 0 Å². The van der Waals surface area contributed by atoms with Crippen molar-refractivity contribution in [2.24, 2.45) is 0 Å². The van der Waals surface area contributed by atoms with Gasteiger partial charge in [-0.15, -0.1) is 10.2 Å². The Labute approximate surface area is 174 Å². The summed E-state index contributed by atoms with van der Waals surface area (Å²) < 4.78 is 17.2. The summed E-state index contributed by atoms with van der Waals surface area (Å²) in [6, 6.07) is 6.06. The van der Waals surface area contributed by atoms with E-state index in [1.54, 1.807) is 23.0 Å². The van der Waals surface area contributed by atoms with Gasteiger partial charge in [-0.05, 0) is 56.9 Å². The predicted molar refractivity (Wildman–Crippen MR) is 109 cm³/mol. The molecule has 8 heteroatoms. The lowest BCUT2D eigenvalue weighted by molar-refractivity contribution is 0.0726. The first-order chi connectivity index (χ1) is 14.6. The van der Waals surface area contributed by atoms with Crippen LogP contribution in [0, 0.1) is 12.7 Å². The normalized spacial score (nSPS) is 19.0. The summed E-state index contributed by atoms with van der Waals surface area (Å²) in [5.41, 5.74) is 2.05. The van der Waals surface area contributed by atoms with E-state index in [9.17, 15) is 9.18 Å². The summed E-state index contributed by atoms with van der Waals surface area (Å²) in [6.07, 6.45) is 7.89. The molecular weight excluding hydrogens is 383 g/mol. The molecule has 2 aromatic heterocycles. The average molecular weight is 408 g/mol. The monoisotopic (exact) mass is 408 g/mol. The standard InChI is InChI=1S/C22H25FN6O/c1-15-18(14-24-29(15)17-10-8-16(23)9-11-17)22(30)27-13-5-6-19(27)21-26-25-20-7-3-2-4-12-28(20)21/h8-11,14,19H,2-7,12-13H2,1H3. The van der Waals surface area contributed by atoms with Gasteiger partial charge in [-0.3, -0.25) is 4.79 Å². The van der Waals surface area contributed by atoms with Crippen molar-refractivity contribution in [3.63, 3.8) is 0 Å². The second-order valence-corrected chi connectivity index (χ2v) is 8.13. The molecule has 0 bridgehead atoms. The highest BCUT2D eigenvalue weighted by Crippen LogP contribution is 2.34. The summed E-state index contributed by atoms with van der Waals surface area (Å²) in [5.74, 6) is 1.63. The molecule has 156 valence electrons. The van der Waals surface area contributed by atoms with Crippen molar-refractivity contribution in [1.29, 1.82) is 0 Å². The van der Waals surface area contributed by atoms with Gasteiger partial charge >= 0.3 is 0 Å². The molecule has 0 N–H and O–H groups in total. The Morgan fingerprint density at radius 2 is 1.90 bits per heavy atom. The zero-order valence-electron chi connectivity index (χ0n) is 17.1. The molecule has 1 fully saturated rings. The van der Waals surface area contributed by atoms with E-state index in [1.807, 2.05) is 11.8 Å². The largest absolute Gasteiger partial charge is 0.328 e. The lowest BCUT2D eigenvalue weighted by atomic mass is 10.1. The first-order valence-electron chi connectivity index (χ1n) is 10.7. The van der Waals surface area contributed by atoms with Gasteiger partial charge in [0.15, 0.2) is 5.82 Å². The number of likely N-dealkylation sites (tertiary alicyclic amines) is 1. The number of carbonyl (C=O) groups excluding carboxylic acids is 1. The smallest absolute Gasteiger partial charge is 0.257 e. The van der Waals surface area contributed by atoms with Crippen LogP contribution >= 0.6 is 0 Å². The van der Waals surface area contributed by atoms with Gasteiger partial charge < -0.3 is 9.47 Å². The summed E-state index contributed by atoms with van der Waals surface area (Å²) in [7, 11) is 0. The lowest BCUT2D eigenvalue weighted by Crippen LogP contribution is -2.32. The maximum atomic E-state index is 13.5. The Hall–Kier alpha value is -3.03. The lowest BCUT2D eigenvalue weighted by Gasteiger charge is -2.24. The molecule has 0 spiro atoms. The summed E-state index contributed by atoms with van der Waals surface area (Å²) in [6.45, 7) is 3.50. The molecule has 0 radical (unpaired) electrons. The number of hydrogen-bond acceptors (Lipinski definition) is 4. The molecule has 1 atom stereocenters. The minimum absolute atomic E-state index is 0.0330. The second-order valence-electron chi connectivity index (χ2n) is 8.13. The molecule has 30 heavy (non-hydrogen) atoms. The molecule has 0 aliphatic carbocycles. The number of carbonyl (C=O) groups is 1. The molecule has 2 aliphatic heterocycles. The molecule has 1 unspecified atom stereocenters. The number of rotatable bonds is 3.